The molecule has 1 aromatic rings. The fourth-order valence-electron chi connectivity index (χ4n) is 1.50. The molecule has 4 nitrogen and oxygen atoms in total. The summed E-state index contributed by atoms with van der Waals surface area (Å²) in [6.45, 7) is 0. The molecule has 84 valence electrons. The molecule has 0 aliphatic heterocycles. The van der Waals surface area contributed by atoms with Crippen molar-refractivity contribution in [2.45, 2.75) is 18.8 Å². The Balaban J connectivity index is 2.61. The van der Waals surface area contributed by atoms with Crippen LogP contribution in [0.25, 0.3) is 0 Å². The third kappa shape index (κ3) is 3.58. The molecule has 1 atom stereocenters. The van der Waals surface area contributed by atoms with Gasteiger partial charge in [0.25, 0.3) is 0 Å². The van der Waals surface area contributed by atoms with Crippen molar-refractivity contribution in [3.63, 3.8) is 0 Å². The number of pyridine rings is 1. The van der Waals surface area contributed by atoms with Gasteiger partial charge < -0.3 is 14.8 Å². The highest BCUT2D eigenvalue weighted by Gasteiger charge is 2.19. The van der Waals surface area contributed by atoms with Gasteiger partial charge in [-0.15, -0.1) is 0 Å². The summed E-state index contributed by atoms with van der Waals surface area (Å²) >= 11 is 0. The lowest BCUT2D eigenvalue weighted by Crippen LogP contribution is -2.41. The quantitative estimate of drug-likeness (QED) is 0.706. The molecule has 4 heteroatoms. The normalized spacial score (nSPS) is 13.1. The van der Waals surface area contributed by atoms with E-state index in [-0.39, 0.29) is 12.3 Å². The summed E-state index contributed by atoms with van der Waals surface area (Å²) in [5.41, 5.74) is 1.02. The molecular formula is C11H18N2O2. The maximum Gasteiger partial charge on any atom is 0.172 e. The van der Waals surface area contributed by atoms with Gasteiger partial charge >= 0.3 is 0 Å². The largest absolute Gasteiger partial charge is 0.354 e. The lowest BCUT2D eigenvalue weighted by atomic mass is 10.1. The Morgan fingerprint density at radius 1 is 1.33 bits per heavy atom. The van der Waals surface area contributed by atoms with Crippen LogP contribution in [-0.2, 0) is 15.9 Å². The predicted molar refractivity (Wildman–Crippen MR) is 58.6 cm³/mol. The lowest BCUT2D eigenvalue weighted by molar-refractivity contribution is -0.121. The fourth-order valence-corrected chi connectivity index (χ4v) is 1.50. The van der Waals surface area contributed by atoms with E-state index in [9.17, 15) is 0 Å². The zero-order valence-electron chi connectivity index (χ0n) is 9.43. The molecule has 0 aliphatic carbocycles. The monoisotopic (exact) mass is 210 g/mol. The highest BCUT2D eigenvalue weighted by Crippen LogP contribution is 2.06. The van der Waals surface area contributed by atoms with Gasteiger partial charge in [-0.2, -0.15) is 0 Å². The summed E-state index contributed by atoms with van der Waals surface area (Å²) in [6.07, 6.45) is 2.32. The molecule has 0 saturated carbocycles. The Morgan fingerprint density at radius 3 is 2.53 bits per heavy atom. The molecule has 0 aliphatic rings. The molecule has 0 bridgehead atoms. The number of hydrogen-bond donors (Lipinski definition) is 1. The second-order valence-electron chi connectivity index (χ2n) is 3.26. The first-order valence-corrected chi connectivity index (χ1v) is 4.94. The molecule has 0 saturated heterocycles. The summed E-state index contributed by atoms with van der Waals surface area (Å²) in [7, 11) is 5.16. The molecule has 1 heterocycles. The topological polar surface area (TPSA) is 43.4 Å². The second kappa shape index (κ2) is 6.50. The predicted octanol–water partition coefficient (Wildman–Crippen LogP) is 0.831. The van der Waals surface area contributed by atoms with Crippen LogP contribution < -0.4 is 5.32 Å². The molecule has 1 rings (SSSR count). The summed E-state index contributed by atoms with van der Waals surface area (Å²) in [6, 6.07) is 5.98. The van der Waals surface area contributed by atoms with Gasteiger partial charge in [0.05, 0.1) is 6.04 Å². The number of rotatable bonds is 6. The zero-order chi connectivity index (χ0) is 11.1. The van der Waals surface area contributed by atoms with E-state index in [1.54, 1.807) is 20.4 Å². The number of methoxy groups -OCH3 is 2. The maximum absolute atomic E-state index is 5.21. The van der Waals surface area contributed by atoms with Crippen LogP contribution in [0, 0.1) is 0 Å². The summed E-state index contributed by atoms with van der Waals surface area (Å²) < 4.78 is 10.4. The Bertz CT molecular complexity index is 263. The summed E-state index contributed by atoms with van der Waals surface area (Å²) in [5, 5.41) is 3.16. The molecule has 15 heavy (non-hydrogen) atoms. The molecule has 0 radical (unpaired) electrons. The van der Waals surface area contributed by atoms with Crippen LogP contribution in [0.15, 0.2) is 24.4 Å². The van der Waals surface area contributed by atoms with Crippen LogP contribution in [0.5, 0.6) is 0 Å². The Morgan fingerprint density at radius 2 is 2.07 bits per heavy atom. The van der Waals surface area contributed by atoms with Crippen LogP contribution in [0.4, 0.5) is 0 Å². The lowest BCUT2D eigenvalue weighted by Gasteiger charge is -2.23. The SMILES string of the molecule is CNC(Cc1ccccn1)C(OC)OC. The molecule has 0 aromatic carbocycles. The first-order chi connectivity index (χ1) is 7.31. The van der Waals surface area contributed by atoms with E-state index in [2.05, 4.69) is 10.3 Å². The van der Waals surface area contributed by atoms with Crippen molar-refractivity contribution in [2.24, 2.45) is 0 Å². The van der Waals surface area contributed by atoms with Gasteiger partial charge in [-0.05, 0) is 19.2 Å². The van der Waals surface area contributed by atoms with Crippen molar-refractivity contribution >= 4 is 0 Å². The number of aromatic nitrogens is 1. The van der Waals surface area contributed by atoms with Gasteiger partial charge in [0.2, 0.25) is 0 Å². The molecule has 1 N–H and O–H groups in total. The van der Waals surface area contributed by atoms with Crippen molar-refractivity contribution in [1.29, 1.82) is 0 Å². The minimum atomic E-state index is -0.253. The fraction of sp³-hybridized carbons (Fsp3) is 0.545. The standard InChI is InChI=1S/C11H18N2O2/c1-12-10(11(14-2)15-3)8-9-6-4-5-7-13-9/h4-7,10-12H,8H2,1-3H3. The van der Waals surface area contributed by atoms with Crippen LogP contribution in [0.1, 0.15) is 5.69 Å². The van der Waals surface area contributed by atoms with Gasteiger partial charge in [-0.25, -0.2) is 0 Å². The summed E-state index contributed by atoms with van der Waals surface area (Å²) in [5.74, 6) is 0. The van der Waals surface area contributed by atoms with E-state index in [1.165, 1.54) is 0 Å². The van der Waals surface area contributed by atoms with Gasteiger partial charge in [0.15, 0.2) is 6.29 Å². The van der Waals surface area contributed by atoms with E-state index in [1.807, 2.05) is 25.2 Å². The average molecular weight is 210 g/mol. The molecular weight excluding hydrogens is 192 g/mol. The van der Waals surface area contributed by atoms with Crippen LogP contribution in [0.2, 0.25) is 0 Å². The Kier molecular flexibility index (Phi) is 5.25. The minimum Gasteiger partial charge on any atom is -0.354 e. The van der Waals surface area contributed by atoms with Crippen molar-refractivity contribution < 1.29 is 9.47 Å². The molecule has 0 fully saturated rings. The van der Waals surface area contributed by atoms with E-state index in [0.29, 0.717) is 0 Å². The van der Waals surface area contributed by atoms with Gasteiger partial charge in [-0.1, -0.05) is 6.07 Å². The van der Waals surface area contributed by atoms with E-state index in [4.69, 9.17) is 9.47 Å². The van der Waals surface area contributed by atoms with Crippen LogP contribution >= 0.6 is 0 Å². The van der Waals surface area contributed by atoms with Crippen molar-refractivity contribution in [3.8, 4) is 0 Å². The molecule has 0 spiro atoms. The van der Waals surface area contributed by atoms with Crippen molar-refractivity contribution in [2.75, 3.05) is 21.3 Å². The first-order valence-electron chi connectivity index (χ1n) is 4.94. The van der Waals surface area contributed by atoms with Gasteiger partial charge in [-0.3, -0.25) is 4.98 Å². The van der Waals surface area contributed by atoms with Crippen molar-refractivity contribution in [3.05, 3.63) is 30.1 Å². The molecule has 1 unspecified atom stereocenters. The smallest absolute Gasteiger partial charge is 0.172 e. The van der Waals surface area contributed by atoms with Crippen LogP contribution in [0.3, 0.4) is 0 Å². The Labute approximate surface area is 90.6 Å². The highest BCUT2D eigenvalue weighted by atomic mass is 16.7. The number of likely N-dealkylation sites (N-methyl/N-ethyl adjacent to an activating group) is 1. The number of nitrogens with zero attached hydrogens (tertiary/aromatic N) is 1. The summed E-state index contributed by atoms with van der Waals surface area (Å²) in [4.78, 5) is 4.27. The first kappa shape index (κ1) is 12.1. The van der Waals surface area contributed by atoms with E-state index in [0.717, 1.165) is 12.1 Å². The van der Waals surface area contributed by atoms with Gasteiger partial charge in [0, 0.05) is 32.5 Å². The van der Waals surface area contributed by atoms with Crippen molar-refractivity contribution in [1.82, 2.24) is 10.3 Å². The van der Waals surface area contributed by atoms with Gasteiger partial charge in [0.1, 0.15) is 0 Å². The number of ether oxygens (including phenoxy) is 2. The minimum absolute atomic E-state index is 0.106. The Hall–Kier alpha value is -0.970. The van der Waals surface area contributed by atoms with Crippen LogP contribution in [-0.4, -0.2) is 38.6 Å². The third-order valence-corrected chi connectivity index (χ3v) is 2.32. The second-order valence-corrected chi connectivity index (χ2v) is 3.26. The average Bonchev–Trinajstić information content (AvgIpc) is 2.30. The highest BCUT2D eigenvalue weighted by molar-refractivity contribution is 5.05. The maximum atomic E-state index is 5.21. The number of nitrogens with one attached hydrogen (secondary N) is 1. The molecule has 1 aromatic heterocycles. The van der Waals surface area contributed by atoms with E-state index >= 15 is 0 Å². The third-order valence-electron chi connectivity index (χ3n) is 2.32. The number of hydrogen-bond acceptors (Lipinski definition) is 4. The molecule has 0 amide bonds. The zero-order valence-corrected chi connectivity index (χ0v) is 9.43. The van der Waals surface area contributed by atoms with E-state index < -0.39 is 0 Å².